The molecule has 1 heterocycles. The molecule has 4 nitrogen and oxygen atoms in total. The minimum atomic E-state index is -0.355. The standard InChI is InChI=1S/C19H18O4/c1-11-5-7-15-14(9-11)12(2)18(19(20)23-15)13-6-8-16(21-3)17(10-13)22-4/h5-10H,1-4H3. The van der Waals surface area contributed by atoms with Crippen LogP contribution in [0.25, 0.3) is 22.1 Å². The largest absolute Gasteiger partial charge is 0.493 e. The smallest absolute Gasteiger partial charge is 0.344 e. The van der Waals surface area contributed by atoms with Crippen LogP contribution in [0.3, 0.4) is 0 Å². The first-order valence-corrected chi connectivity index (χ1v) is 7.31. The highest BCUT2D eigenvalue weighted by Gasteiger charge is 2.15. The lowest BCUT2D eigenvalue weighted by molar-refractivity contribution is 0.355. The highest BCUT2D eigenvalue weighted by Crippen LogP contribution is 2.34. The Hall–Kier alpha value is -2.75. The van der Waals surface area contributed by atoms with E-state index in [1.54, 1.807) is 26.4 Å². The van der Waals surface area contributed by atoms with Gasteiger partial charge >= 0.3 is 5.63 Å². The SMILES string of the molecule is COc1ccc(-c2c(C)c3cc(C)ccc3oc2=O)cc1OC. The van der Waals surface area contributed by atoms with Crippen molar-refractivity contribution in [3.63, 3.8) is 0 Å². The summed E-state index contributed by atoms with van der Waals surface area (Å²) in [6, 6.07) is 11.2. The molecule has 0 aliphatic carbocycles. The minimum Gasteiger partial charge on any atom is -0.493 e. The monoisotopic (exact) mass is 310 g/mol. The molecule has 0 bridgehead atoms. The summed E-state index contributed by atoms with van der Waals surface area (Å²) in [5.74, 6) is 1.20. The topological polar surface area (TPSA) is 48.7 Å². The Labute approximate surface area is 134 Å². The molecule has 0 atom stereocenters. The lowest BCUT2D eigenvalue weighted by Crippen LogP contribution is -2.06. The average Bonchev–Trinajstić information content (AvgIpc) is 2.55. The van der Waals surface area contributed by atoms with Crippen molar-refractivity contribution < 1.29 is 13.9 Å². The predicted molar refractivity (Wildman–Crippen MR) is 90.5 cm³/mol. The fourth-order valence-corrected chi connectivity index (χ4v) is 2.79. The molecule has 0 aliphatic rings. The Morgan fingerprint density at radius 1 is 0.913 bits per heavy atom. The number of hydrogen-bond acceptors (Lipinski definition) is 4. The van der Waals surface area contributed by atoms with E-state index in [2.05, 4.69) is 0 Å². The van der Waals surface area contributed by atoms with Crippen LogP contribution < -0.4 is 15.1 Å². The second kappa shape index (κ2) is 5.80. The zero-order chi connectivity index (χ0) is 16.6. The van der Waals surface area contributed by atoms with Gasteiger partial charge in [-0.25, -0.2) is 4.79 Å². The number of hydrogen-bond donors (Lipinski definition) is 0. The van der Waals surface area contributed by atoms with E-state index in [1.807, 2.05) is 38.1 Å². The van der Waals surface area contributed by atoms with E-state index in [9.17, 15) is 4.79 Å². The van der Waals surface area contributed by atoms with Crippen molar-refractivity contribution in [2.75, 3.05) is 14.2 Å². The molecule has 3 aromatic rings. The summed E-state index contributed by atoms with van der Waals surface area (Å²) in [6.45, 7) is 3.95. The number of ether oxygens (including phenoxy) is 2. The van der Waals surface area contributed by atoms with E-state index >= 15 is 0 Å². The van der Waals surface area contributed by atoms with Gasteiger partial charge in [0.2, 0.25) is 0 Å². The predicted octanol–water partition coefficient (Wildman–Crippen LogP) is 4.09. The molecule has 0 radical (unpaired) electrons. The van der Waals surface area contributed by atoms with Gasteiger partial charge in [0.15, 0.2) is 11.5 Å². The van der Waals surface area contributed by atoms with Gasteiger partial charge < -0.3 is 13.9 Å². The molecule has 0 N–H and O–H groups in total. The van der Waals surface area contributed by atoms with Gasteiger partial charge in [0.25, 0.3) is 0 Å². The van der Waals surface area contributed by atoms with Gasteiger partial charge in [-0.15, -0.1) is 0 Å². The average molecular weight is 310 g/mol. The quantitative estimate of drug-likeness (QED) is 0.684. The van der Waals surface area contributed by atoms with Gasteiger partial charge in [-0.1, -0.05) is 17.7 Å². The molecule has 2 aromatic carbocycles. The number of rotatable bonds is 3. The first-order valence-electron chi connectivity index (χ1n) is 7.31. The third-order valence-corrected chi connectivity index (χ3v) is 3.99. The molecule has 0 spiro atoms. The van der Waals surface area contributed by atoms with E-state index < -0.39 is 0 Å². The first-order chi connectivity index (χ1) is 11.0. The van der Waals surface area contributed by atoms with Crippen molar-refractivity contribution in [3.05, 3.63) is 57.9 Å². The Morgan fingerprint density at radius 3 is 2.35 bits per heavy atom. The van der Waals surface area contributed by atoms with E-state index in [0.717, 1.165) is 22.1 Å². The highest BCUT2D eigenvalue weighted by atomic mass is 16.5. The van der Waals surface area contributed by atoms with Crippen LogP contribution in [0, 0.1) is 13.8 Å². The summed E-state index contributed by atoms with van der Waals surface area (Å²) < 4.78 is 16.1. The summed E-state index contributed by atoms with van der Waals surface area (Å²) in [5, 5.41) is 0.939. The lowest BCUT2D eigenvalue weighted by Gasteiger charge is -2.12. The van der Waals surface area contributed by atoms with Gasteiger partial charge in [-0.2, -0.15) is 0 Å². The van der Waals surface area contributed by atoms with Crippen molar-refractivity contribution in [1.29, 1.82) is 0 Å². The van der Waals surface area contributed by atoms with Crippen molar-refractivity contribution >= 4 is 11.0 Å². The van der Waals surface area contributed by atoms with Crippen LogP contribution >= 0.6 is 0 Å². The van der Waals surface area contributed by atoms with Crippen molar-refractivity contribution in [2.45, 2.75) is 13.8 Å². The maximum Gasteiger partial charge on any atom is 0.344 e. The number of fused-ring (bicyclic) bond motifs is 1. The normalized spacial score (nSPS) is 10.8. The zero-order valence-electron chi connectivity index (χ0n) is 13.6. The van der Waals surface area contributed by atoms with Crippen LogP contribution in [0.5, 0.6) is 11.5 Å². The molecular weight excluding hydrogens is 292 g/mol. The number of methoxy groups -OCH3 is 2. The Bertz CT molecular complexity index is 938. The lowest BCUT2D eigenvalue weighted by atomic mass is 9.98. The third kappa shape index (κ3) is 2.57. The zero-order valence-corrected chi connectivity index (χ0v) is 13.6. The molecule has 0 saturated heterocycles. The van der Waals surface area contributed by atoms with Crippen LogP contribution in [0.1, 0.15) is 11.1 Å². The third-order valence-electron chi connectivity index (χ3n) is 3.99. The van der Waals surface area contributed by atoms with Crippen LogP contribution in [0.4, 0.5) is 0 Å². The maximum atomic E-state index is 12.5. The number of benzene rings is 2. The van der Waals surface area contributed by atoms with Gasteiger partial charge in [-0.05, 0) is 49.2 Å². The second-order valence-electron chi connectivity index (χ2n) is 5.46. The molecule has 4 heteroatoms. The summed E-state index contributed by atoms with van der Waals surface area (Å²) in [6.07, 6.45) is 0. The van der Waals surface area contributed by atoms with Gasteiger partial charge in [0.1, 0.15) is 5.58 Å². The maximum absolute atomic E-state index is 12.5. The Morgan fingerprint density at radius 2 is 1.65 bits per heavy atom. The van der Waals surface area contributed by atoms with Crippen LogP contribution in [-0.4, -0.2) is 14.2 Å². The van der Waals surface area contributed by atoms with E-state index in [4.69, 9.17) is 13.9 Å². The summed E-state index contributed by atoms with van der Waals surface area (Å²) in [7, 11) is 3.15. The molecule has 0 amide bonds. The molecule has 23 heavy (non-hydrogen) atoms. The van der Waals surface area contributed by atoms with Crippen molar-refractivity contribution in [3.8, 4) is 22.6 Å². The molecule has 0 saturated carbocycles. The van der Waals surface area contributed by atoms with E-state index in [1.165, 1.54) is 0 Å². The Balaban J connectivity index is 2.30. The summed E-state index contributed by atoms with van der Waals surface area (Å²) in [5.41, 5.74) is 3.55. The van der Waals surface area contributed by atoms with Crippen LogP contribution in [0.15, 0.2) is 45.6 Å². The highest BCUT2D eigenvalue weighted by molar-refractivity contribution is 5.87. The van der Waals surface area contributed by atoms with Crippen LogP contribution in [0.2, 0.25) is 0 Å². The molecule has 1 aromatic heterocycles. The molecule has 3 rings (SSSR count). The second-order valence-corrected chi connectivity index (χ2v) is 5.46. The van der Waals surface area contributed by atoms with E-state index in [0.29, 0.717) is 22.6 Å². The molecular formula is C19H18O4. The van der Waals surface area contributed by atoms with Gasteiger partial charge in [0.05, 0.1) is 19.8 Å². The van der Waals surface area contributed by atoms with E-state index in [-0.39, 0.29) is 5.63 Å². The van der Waals surface area contributed by atoms with Crippen LogP contribution in [-0.2, 0) is 0 Å². The Kier molecular flexibility index (Phi) is 3.82. The van der Waals surface area contributed by atoms with Gasteiger partial charge in [-0.3, -0.25) is 0 Å². The fourth-order valence-electron chi connectivity index (χ4n) is 2.79. The first kappa shape index (κ1) is 15.2. The molecule has 118 valence electrons. The summed E-state index contributed by atoms with van der Waals surface area (Å²) >= 11 is 0. The molecule has 0 unspecified atom stereocenters. The van der Waals surface area contributed by atoms with Crippen molar-refractivity contribution in [2.24, 2.45) is 0 Å². The van der Waals surface area contributed by atoms with Crippen molar-refractivity contribution in [1.82, 2.24) is 0 Å². The van der Waals surface area contributed by atoms with Gasteiger partial charge in [0, 0.05) is 5.39 Å². The molecule has 0 fully saturated rings. The molecule has 0 aliphatic heterocycles. The summed E-state index contributed by atoms with van der Waals surface area (Å²) in [4.78, 5) is 12.5. The minimum absolute atomic E-state index is 0.355. The number of aryl methyl sites for hydroxylation is 2. The fraction of sp³-hybridized carbons (Fsp3) is 0.211.